The molecule has 3 rings (SSSR count). The zero-order chi connectivity index (χ0) is 14.5. The summed E-state index contributed by atoms with van der Waals surface area (Å²) in [7, 11) is 0. The van der Waals surface area contributed by atoms with Gasteiger partial charge >= 0.3 is 6.03 Å². The zero-order valence-corrected chi connectivity index (χ0v) is 12.6. The van der Waals surface area contributed by atoms with E-state index in [4.69, 9.17) is 0 Å². The van der Waals surface area contributed by atoms with Gasteiger partial charge < -0.3 is 10.2 Å². The van der Waals surface area contributed by atoms with E-state index in [0.717, 1.165) is 35.8 Å². The normalized spacial score (nSPS) is 14.8. The van der Waals surface area contributed by atoms with Crippen LogP contribution in [0.5, 0.6) is 0 Å². The number of benzene rings is 2. The zero-order valence-electron chi connectivity index (χ0n) is 11.8. The first-order valence-electron chi connectivity index (χ1n) is 7.12. The summed E-state index contributed by atoms with van der Waals surface area (Å²) in [6.45, 7) is 1.66. The molecule has 0 radical (unpaired) electrons. The van der Waals surface area contributed by atoms with E-state index in [1.54, 1.807) is 0 Å². The molecule has 1 N–H and O–H groups in total. The van der Waals surface area contributed by atoms with Crippen molar-refractivity contribution >= 4 is 23.5 Å². The number of thioether (sulfide) groups is 1. The summed E-state index contributed by atoms with van der Waals surface area (Å²) in [5.74, 6) is 2.06. The van der Waals surface area contributed by atoms with Gasteiger partial charge in [-0.3, -0.25) is 0 Å². The Morgan fingerprint density at radius 2 is 1.52 bits per heavy atom. The second kappa shape index (κ2) is 6.68. The highest BCUT2D eigenvalue weighted by Crippen LogP contribution is 2.21. The lowest BCUT2D eigenvalue weighted by atomic mass is 10.1. The number of nitrogens with one attached hydrogen (secondary N) is 1. The average Bonchev–Trinajstić information content (AvgIpc) is 2.57. The third kappa shape index (κ3) is 3.58. The van der Waals surface area contributed by atoms with Crippen LogP contribution in [0.3, 0.4) is 0 Å². The number of carbonyl (C=O) groups is 1. The molecule has 4 heteroatoms. The highest BCUT2D eigenvalue weighted by atomic mass is 32.2. The number of amides is 2. The maximum Gasteiger partial charge on any atom is 0.321 e. The lowest BCUT2D eigenvalue weighted by molar-refractivity contribution is 0.217. The van der Waals surface area contributed by atoms with Gasteiger partial charge in [-0.1, -0.05) is 42.5 Å². The molecule has 1 heterocycles. The standard InChI is InChI=1S/C17H18N2OS/c20-17(19-10-12-21-13-11-19)18-16-8-6-15(7-9-16)14-4-2-1-3-5-14/h1-9H,10-13H2,(H,18,20). The Morgan fingerprint density at radius 3 is 2.19 bits per heavy atom. The van der Waals surface area contributed by atoms with Crippen molar-refractivity contribution in [2.45, 2.75) is 0 Å². The van der Waals surface area contributed by atoms with Crippen molar-refractivity contribution in [3.63, 3.8) is 0 Å². The predicted octanol–water partition coefficient (Wildman–Crippen LogP) is 3.93. The topological polar surface area (TPSA) is 32.3 Å². The second-order valence-electron chi connectivity index (χ2n) is 4.97. The number of hydrogen-bond acceptors (Lipinski definition) is 2. The molecule has 21 heavy (non-hydrogen) atoms. The quantitative estimate of drug-likeness (QED) is 0.911. The maximum atomic E-state index is 12.1. The van der Waals surface area contributed by atoms with Crippen molar-refractivity contribution in [2.75, 3.05) is 29.9 Å². The second-order valence-corrected chi connectivity index (χ2v) is 6.20. The van der Waals surface area contributed by atoms with Crippen molar-refractivity contribution in [3.05, 3.63) is 54.6 Å². The molecule has 0 bridgehead atoms. The molecule has 0 unspecified atom stereocenters. The molecular formula is C17H18N2OS. The van der Waals surface area contributed by atoms with Crippen LogP contribution in [0.4, 0.5) is 10.5 Å². The van der Waals surface area contributed by atoms with Crippen molar-refractivity contribution in [1.29, 1.82) is 0 Å². The Kier molecular flexibility index (Phi) is 4.46. The van der Waals surface area contributed by atoms with Crippen molar-refractivity contribution < 1.29 is 4.79 Å². The largest absolute Gasteiger partial charge is 0.323 e. The monoisotopic (exact) mass is 298 g/mol. The minimum atomic E-state index is 0.00256. The Bertz CT molecular complexity index is 592. The fourth-order valence-electron chi connectivity index (χ4n) is 2.35. The van der Waals surface area contributed by atoms with E-state index in [1.165, 1.54) is 5.56 Å². The number of anilines is 1. The van der Waals surface area contributed by atoms with E-state index in [1.807, 2.05) is 59.1 Å². The van der Waals surface area contributed by atoms with Gasteiger partial charge in [-0.25, -0.2) is 4.79 Å². The molecule has 2 aromatic carbocycles. The highest BCUT2D eigenvalue weighted by Gasteiger charge is 2.16. The van der Waals surface area contributed by atoms with E-state index in [-0.39, 0.29) is 6.03 Å². The Morgan fingerprint density at radius 1 is 0.905 bits per heavy atom. The summed E-state index contributed by atoms with van der Waals surface area (Å²) in [5, 5.41) is 2.97. The van der Waals surface area contributed by atoms with E-state index in [0.29, 0.717) is 0 Å². The minimum absolute atomic E-state index is 0.00256. The van der Waals surface area contributed by atoms with Crippen LogP contribution < -0.4 is 5.32 Å². The van der Waals surface area contributed by atoms with Crippen LogP contribution in [0.1, 0.15) is 0 Å². The fourth-order valence-corrected chi connectivity index (χ4v) is 3.25. The SMILES string of the molecule is O=C(Nc1ccc(-c2ccccc2)cc1)N1CCSCC1. The van der Waals surface area contributed by atoms with Gasteiger partial charge in [0.1, 0.15) is 0 Å². The van der Waals surface area contributed by atoms with Crippen molar-refractivity contribution in [3.8, 4) is 11.1 Å². The first-order valence-corrected chi connectivity index (χ1v) is 8.27. The lowest BCUT2D eigenvalue weighted by Gasteiger charge is -2.26. The molecule has 1 saturated heterocycles. The molecule has 0 aliphatic carbocycles. The number of rotatable bonds is 2. The molecule has 1 aliphatic rings. The molecule has 0 atom stereocenters. The molecule has 1 fully saturated rings. The van der Waals surface area contributed by atoms with Crippen LogP contribution >= 0.6 is 11.8 Å². The van der Waals surface area contributed by atoms with Crippen molar-refractivity contribution in [1.82, 2.24) is 4.90 Å². The Hall–Kier alpha value is -1.94. The summed E-state index contributed by atoms with van der Waals surface area (Å²) >= 11 is 1.90. The molecule has 2 aromatic rings. The molecule has 0 aromatic heterocycles. The third-order valence-electron chi connectivity index (χ3n) is 3.54. The van der Waals surface area contributed by atoms with E-state index >= 15 is 0 Å². The summed E-state index contributed by atoms with van der Waals surface area (Å²) in [5.41, 5.74) is 3.18. The van der Waals surface area contributed by atoms with Gasteiger partial charge in [-0.15, -0.1) is 0 Å². The lowest BCUT2D eigenvalue weighted by Crippen LogP contribution is -2.40. The predicted molar refractivity (Wildman–Crippen MR) is 89.8 cm³/mol. The first-order chi connectivity index (χ1) is 10.3. The van der Waals surface area contributed by atoms with Gasteiger partial charge in [-0.05, 0) is 23.3 Å². The molecule has 2 amide bonds. The highest BCUT2D eigenvalue weighted by molar-refractivity contribution is 7.99. The third-order valence-corrected chi connectivity index (χ3v) is 4.48. The summed E-state index contributed by atoms with van der Waals surface area (Å²) < 4.78 is 0. The van der Waals surface area contributed by atoms with Crippen LogP contribution in [-0.4, -0.2) is 35.5 Å². The minimum Gasteiger partial charge on any atom is -0.323 e. The molecule has 1 aliphatic heterocycles. The Labute approximate surface area is 129 Å². The van der Waals surface area contributed by atoms with Gasteiger partial charge in [0, 0.05) is 30.3 Å². The van der Waals surface area contributed by atoms with Crippen LogP contribution in [0.15, 0.2) is 54.6 Å². The molecule has 0 saturated carbocycles. The molecule has 3 nitrogen and oxygen atoms in total. The smallest absolute Gasteiger partial charge is 0.321 e. The van der Waals surface area contributed by atoms with Gasteiger partial charge in [0.25, 0.3) is 0 Å². The van der Waals surface area contributed by atoms with Crippen LogP contribution in [0.2, 0.25) is 0 Å². The fraction of sp³-hybridized carbons (Fsp3) is 0.235. The van der Waals surface area contributed by atoms with Gasteiger partial charge in [-0.2, -0.15) is 11.8 Å². The summed E-state index contributed by atoms with van der Waals surface area (Å²) in [6.07, 6.45) is 0. The molecular weight excluding hydrogens is 280 g/mol. The maximum absolute atomic E-state index is 12.1. The van der Waals surface area contributed by atoms with E-state index in [2.05, 4.69) is 17.4 Å². The van der Waals surface area contributed by atoms with Gasteiger partial charge in [0.05, 0.1) is 0 Å². The number of urea groups is 1. The number of carbonyl (C=O) groups excluding carboxylic acids is 1. The first kappa shape index (κ1) is 14.0. The summed E-state index contributed by atoms with van der Waals surface area (Å²) in [4.78, 5) is 14.0. The summed E-state index contributed by atoms with van der Waals surface area (Å²) in [6, 6.07) is 18.2. The number of nitrogens with zero attached hydrogens (tertiary/aromatic N) is 1. The van der Waals surface area contributed by atoms with E-state index < -0.39 is 0 Å². The van der Waals surface area contributed by atoms with Crippen LogP contribution in [-0.2, 0) is 0 Å². The molecule has 0 spiro atoms. The van der Waals surface area contributed by atoms with Crippen LogP contribution in [0, 0.1) is 0 Å². The number of hydrogen-bond donors (Lipinski definition) is 1. The van der Waals surface area contributed by atoms with E-state index in [9.17, 15) is 4.79 Å². The molecule has 108 valence electrons. The Balaban J connectivity index is 1.65. The van der Waals surface area contributed by atoms with Crippen LogP contribution in [0.25, 0.3) is 11.1 Å². The van der Waals surface area contributed by atoms with Gasteiger partial charge in [0.2, 0.25) is 0 Å². The van der Waals surface area contributed by atoms with Crippen molar-refractivity contribution in [2.24, 2.45) is 0 Å². The average molecular weight is 298 g/mol. The van der Waals surface area contributed by atoms with Gasteiger partial charge in [0.15, 0.2) is 0 Å².